The summed E-state index contributed by atoms with van der Waals surface area (Å²) in [4.78, 5) is 2.00. The van der Waals surface area contributed by atoms with Crippen LogP contribution in [0.15, 0.2) is 0 Å². The van der Waals surface area contributed by atoms with E-state index < -0.39 is 15.7 Å². The highest BCUT2D eigenvalue weighted by Gasteiger charge is 2.29. The predicted octanol–water partition coefficient (Wildman–Crippen LogP) is 0.995. The van der Waals surface area contributed by atoms with Crippen molar-refractivity contribution in [2.24, 2.45) is 0 Å². The van der Waals surface area contributed by atoms with Crippen LogP contribution in [0.3, 0.4) is 0 Å². The molecule has 0 aliphatic heterocycles. The quantitative estimate of drug-likeness (QED) is 0.686. The first kappa shape index (κ1) is 12.9. The largest absolute Gasteiger partial charge is 0.298 e. The van der Waals surface area contributed by atoms with E-state index in [1.54, 1.807) is 0 Å². The molecular weight excluding hydrogens is 190 g/mol. The molecule has 0 aliphatic carbocycles. The SMILES string of the molecule is CCN(CC)C(C)(C)CS(=O)(=O)O. The van der Waals surface area contributed by atoms with E-state index in [0.29, 0.717) is 0 Å². The molecule has 0 spiro atoms. The van der Waals surface area contributed by atoms with Crippen LogP contribution in [0.25, 0.3) is 0 Å². The lowest BCUT2D eigenvalue weighted by atomic mass is 10.1. The lowest BCUT2D eigenvalue weighted by molar-refractivity contribution is 0.154. The van der Waals surface area contributed by atoms with E-state index in [4.69, 9.17) is 4.55 Å². The van der Waals surface area contributed by atoms with E-state index in [-0.39, 0.29) is 5.75 Å². The fraction of sp³-hybridized carbons (Fsp3) is 1.00. The van der Waals surface area contributed by atoms with Gasteiger partial charge in [-0.1, -0.05) is 13.8 Å². The van der Waals surface area contributed by atoms with E-state index >= 15 is 0 Å². The van der Waals surface area contributed by atoms with Gasteiger partial charge in [-0.3, -0.25) is 9.45 Å². The third-order valence-corrected chi connectivity index (χ3v) is 3.23. The maximum absolute atomic E-state index is 10.7. The first-order valence-corrected chi connectivity index (χ1v) is 6.04. The van der Waals surface area contributed by atoms with Crippen LogP contribution < -0.4 is 0 Å². The Morgan fingerprint density at radius 3 is 1.85 bits per heavy atom. The van der Waals surface area contributed by atoms with Gasteiger partial charge in [-0.2, -0.15) is 8.42 Å². The Morgan fingerprint density at radius 1 is 1.23 bits per heavy atom. The Morgan fingerprint density at radius 2 is 1.62 bits per heavy atom. The summed E-state index contributed by atoms with van der Waals surface area (Å²) in [5, 5.41) is 0. The van der Waals surface area contributed by atoms with Crippen LogP contribution in [0.4, 0.5) is 0 Å². The molecule has 0 aromatic heterocycles. The van der Waals surface area contributed by atoms with Crippen LogP contribution in [-0.2, 0) is 10.1 Å². The van der Waals surface area contributed by atoms with Gasteiger partial charge in [0.05, 0.1) is 5.75 Å². The average molecular weight is 209 g/mol. The molecule has 0 rings (SSSR count). The topological polar surface area (TPSA) is 57.6 Å². The standard InChI is InChI=1S/C8H19NO3S/c1-5-9(6-2)8(3,4)7-13(10,11)12/h5-7H2,1-4H3,(H,10,11,12). The van der Waals surface area contributed by atoms with E-state index in [0.717, 1.165) is 13.1 Å². The average Bonchev–Trinajstić information content (AvgIpc) is 1.83. The number of hydrogen-bond donors (Lipinski definition) is 1. The molecule has 0 aromatic carbocycles. The molecule has 0 saturated heterocycles. The third kappa shape index (κ3) is 4.59. The van der Waals surface area contributed by atoms with Crippen LogP contribution in [0, 0.1) is 0 Å². The van der Waals surface area contributed by atoms with Crippen molar-refractivity contribution in [3.05, 3.63) is 0 Å². The van der Waals surface area contributed by atoms with Crippen molar-refractivity contribution in [3.8, 4) is 0 Å². The summed E-state index contributed by atoms with van der Waals surface area (Å²) in [6.07, 6.45) is 0. The minimum atomic E-state index is -3.89. The van der Waals surface area contributed by atoms with Crippen LogP contribution in [0.2, 0.25) is 0 Å². The lowest BCUT2D eigenvalue weighted by Crippen LogP contribution is -2.48. The molecule has 0 aromatic rings. The minimum absolute atomic E-state index is 0.221. The van der Waals surface area contributed by atoms with Crippen LogP contribution >= 0.6 is 0 Å². The third-order valence-electron chi connectivity index (χ3n) is 2.16. The molecule has 13 heavy (non-hydrogen) atoms. The summed E-state index contributed by atoms with van der Waals surface area (Å²) in [5.74, 6) is -0.221. The number of rotatable bonds is 5. The molecule has 0 amide bonds. The fourth-order valence-corrected chi connectivity index (χ4v) is 2.69. The second-order valence-electron chi connectivity index (χ2n) is 3.71. The van der Waals surface area contributed by atoms with Gasteiger partial charge in [-0.25, -0.2) is 0 Å². The van der Waals surface area contributed by atoms with E-state index in [1.807, 2.05) is 32.6 Å². The Kier molecular flexibility index (Phi) is 4.35. The fourth-order valence-electron chi connectivity index (χ4n) is 1.62. The Hall–Kier alpha value is -0.130. The smallest absolute Gasteiger partial charge is 0.266 e. The molecule has 5 heteroatoms. The van der Waals surface area contributed by atoms with E-state index in [9.17, 15) is 8.42 Å². The number of nitrogens with zero attached hydrogens (tertiary/aromatic N) is 1. The van der Waals surface area contributed by atoms with Gasteiger partial charge in [0.15, 0.2) is 0 Å². The van der Waals surface area contributed by atoms with Gasteiger partial charge in [0.1, 0.15) is 0 Å². The maximum atomic E-state index is 10.7. The molecule has 0 fully saturated rings. The summed E-state index contributed by atoms with van der Waals surface area (Å²) in [7, 11) is -3.89. The highest BCUT2D eigenvalue weighted by atomic mass is 32.2. The zero-order chi connectivity index (χ0) is 10.7. The molecule has 0 unspecified atom stereocenters. The summed E-state index contributed by atoms with van der Waals surface area (Å²) in [6, 6.07) is 0. The van der Waals surface area contributed by atoms with Crippen molar-refractivity contribution in [2.75, 3.05) is 18.8 Å². The summed E-state index contributed by atoms with van der Waals surface area (Å²) in [5.41, 5.74) is -0.503. The molecule has 0 radical (unpaired) electrons. The van der Waals surface area contributed by atoms with Gasteiger partial charge >= 0.3 is 0 Å². The van der Waals surface area contributed by atoms with Gasteiger partial charge in [0.2, 0.25) is 0 Å². The Balaban J connectivity index is 4.55. The van der Waals surface area contributed by atoms with Gasteiger partial charge in [-0.05, 0) is 26.9 Å². The summed E-state index contributed by atoms with van der Waals surface area (Å²) in [6.45, 7) is 9.12. The summed E-state index contributed by atoms with van der Waals surface area (Å²) < 4.78 is 30.2. The van der Waals surface area contributed by atoms with Crippen molar-refractivity contribution >= 4 is 10.1 Å². The van der Waals surface area contributed by atoms with Crippen LogP contribution in [0.5, 0.6) is 0 Å². The van der Waals surface area contributed by atoms with E-state index in [2.05, 4.69) is 0 Å². The highest BCUT2D eigenvalue weighted by molar-refractivity contribution is 7.85. The molecule has 0 heterocycles. The molecule has 1 N–H and O–H groups in total. The van der Waals surface area contributed by atoms with Crippen LogP contribution in [-0.4, -0.2) is 42.3 Å². The zero-order valence-electron chi connectivity index (χ0n) is 8.74. The highest BCUT2D eigenvalue weighted by Crippen LogP contribution is 2.15. The molecule has 80 valence electrons. The van der Waals surface area contributed by atoms with Crippen molar-refractivity contribution in [3.63, 3.8) is 0 Å². The normalized spacial score (nSPS) is 13.7. The van der Waals surface area contributed by atoms with Gasteiger partial charge in [0.25, 0.3) is 10.1 Å². The second kappa shape index (κ2) is 4.39. The second-order valence-corrected chi connectivity index (χ2v) is 5.16. The molecule has 0 aliphatic rings. The lowest BCUT2D eigenvalue weighted by Gasteiger charge is -2.36. The van der Waals surface area contributed by atoms with Crippen LogP contribution in [0.1, 0.15) is 27.7 Å². The first-order chi connectivity index (χ1) is 5.73. The first-order valence-electron chi connectivity index (χ1n) is 4.43. The van der Waals surface area contributed by atoms with E-state index in [1.165, 1.54) is 0 Å². The molecular formula is C8H19NO3S. The van der Waals surface area contributed by atoms with Crippen molar-refractivity contribution in [1.29, 1.82) is 0 Å². The molecule has 0 atom stereocenters. The molecule has 0 saturated carbocycles. The van der Waals surface area contributed by atoms with Gasteiger partial charge in [-0.15, -0.1) is 0 Å². The monoisotopic (exact) mass is 209 g/mol. The molecule has 4 nitrogen and oxygen atoms in total. The van der Waals surface area contributed by atoms with Crippen molar-refractivity contribution in [2.45, 2.75) is 33.2 Å². The van der Waals surface area contributed by atoms with Gasteiger partial charge in [0, 0.05) is 5.54 Å². The molecule has 0 bridgehead atoms. The summed E-state index contributed by atoms with van der Waals surface area (Å²) >= 11 is 0. The van der Waals surface area contributed by atoms with Crippen molar-refractivity contribution in [1.82, 2.24) is 4.90 Å². The van der Waals surface area contributed by atoms with Crippen molar-refractivity contribution < 1.29 is 13.0 Å². The van der Waals surface area contributed by atoms with Gasteiger partial charge < -0.3 is 0 Å². The Labute approximate surface area is 80.7 Å². The predicted molar refractivity (Wildman–Crippen MR) is 53.4 cm³/mol. The number of hydrogen-bond acceptors (Lipinski definition) is 3. The maximum Gasteiger partial charge on any atom is 0.266 e. The minimum Gasteiger partial charge on any atom is -0.298 e. The Bertz CT molecular complexity index is 242. The zero-order valence-corrected chi connectivity index (χ0v) is 9.56.